The number of rotatable bonds is 7. The number of nitrogens with zero attached hydrogens (tertiary/aromatic N) is 1. The number of benzene rings is 1. The van der Waals surface area contributed by atoms with E-state index in [4.69, 9.17) is 5.73 Å². The Morgan fingerprint density at radius 1 is 1.42 bits per heavy atom. The zero-order chi connectivity index (χ0) is 14.4. The molecule has 0 aromatic heterocycles. The largest absolute Gasteiger partial charge is 0.329 e. The lowest BCUT2D eigenvalue weighted by Crippen LogP contribution is -2.39. The van der Waals surface area contributed by atoms with Crippen LogP contribution in [0.5, 0.6) is 0 Å². The summed E-state index contributed by atoms with van der Waals surface area (Å²) in [6.45, 7) is 5.00. The monoisotopic (exact) mass is 344 g/mol. The van der Waals surface area contributed by atoms with E-state index < -0.39 is 0 Å². The van der Waals surface area contributed by atoms with Crippen LogP contribution in [0.4, 0.5) is 0 Å². The molecule has 0 saturated heterocycles. The van der Waals surface area contributed by atoms with Crippen molar-refractivity contribution in [3.05, 3.63) is 33.8 Å². The van der Waals surface area contributed by atoms with E-state index in [-0.39, 0.29) is 6.04 Å². The lowest BCUT2D eigenvalue weighted by atomic mass is 10.0. The average molecular weight is 345 g/mol. The molecule has 0 heterocycles. The van der Waals surface area contributed by atoms with Gasteiger partial charge in [0.1, 0.15) is 0 Å². The van der Waals surface area contributed by atoms with E-state index in [1.807, 2.05) is 11.8 Å². The maximum Gasteiger partial charge on any atom is 0.0471 e. The van der Waals surface area contributed by atoms with Crippen molar-refractivity contribution in [2.45, 2.75) is 32.4 Å². The van der Waals surface area contributed by atoms with Gasteiger partial charge in [-0.3, -0.25) is 4.90 Å². The maximum absolute atomic E-state index is 6.02. The summed E-state index contributed by atoms with van der Waals surface area (Å²) in [6, 6.07) is 7.42. The third-order valence-corrected chi connectivity index (χ3v) is 5.27. The van der Waals surface area contributed by atoms with Crippen molar-refractivity contribution in [2.24, 2.45) is 5.73 Å². The van der Waals surface area contributed by atoms with Crippen LogP contribution >= 0.6 is 27.7 Å². The van der Waals surface area contributed by atoms with Gasteiger partial charge >= 0.3 is 0 Å². The second-order valence-corrected chi connectivity index (χ2v) is 6.71. The van der Waals surface area contributed by atoms with Crippen LogP contribution in [0, 0.1) is 6.92 Å². The van der Waals surface area contributed by atoms with Gasteiger partial charge in [0.15, 0.2) is 0 Å². The third kappa shape index (κ3) is 4.48. The molecule has 1 rings (SSSR count). The van der Waals surface area contributed by atoms with Gasteiger partial charge in [0, 0.05) is 28.9 Å². The number of aryl methyl sites for hydroxylation is 1. The summed E-state index contributed by atoms with van der Waals surface area (Å²) < 4.78 is 1.16. The van der Waals surface area contributed by atoms with E-state index in [0.29, 0.717) is 12.6 Å². The summed E-state index contributed by atoms with van der Waals surface area (Å²) >= 11 is 5.51. The Kier molecular flexibility index (Phi) is 7.44. The van der Waals surface area contributed by atoms with Crippen LogP contribution in [0.25, 0.3) is 0 Å². The summed E-state index contributed by atoms with van der Waals surface area (Å²) in [5.41, 5.74) is 8.57. The first kappa shape index (κ1) is 17.0. The Morgan fingerprint density at radius 2 is 2.11 bits per heavy atom. The molecule has 2 nitrogen and oxygen atoms in total. The molecule has 1 aromatic rings. The molecule has 4 heteroatoms. The molecule has 2 atom stereocenters. The van der Waals surface area contributed by atoms with Gasteiger partial charge in [-0.05, 0) is 43.8 Å². The third-order valence-electron chi connectivity index (χ3n) is 3.70. The summed E-state index contributed by atoms with van der Waals surface area (Å²) in [7, 11) is 2.19. The maximum atomic E-state index is 6.02. The van der Waals surface area contributed by atoms with E-state index >= 15 is 0 Å². The van der Waals surface area contributed by atoms with Gasteiger partial charge in [-0.2, -0.15) is 11.8 Å². The minimum Gasteiger partial charge on any atom is -0.329 e. The molecular weight excluding hydrogens is 320 g/mol. The molecule has 0 aliphatic heterocycles. The normalized spacial score (nSPS) is 14.7. The van der Waals surface area contributed by atoms with Crippen molar-refractivity contribution in [1.82, 2.24) is 4.90 Å². The van der Waals surface area contributed by atoms with Gasteiger partial charge in [-0.1, -0.05) is 35.0 Å². The van der Waals surface area contributed by atoms with Gasteiger partial charge in [0.2, 0.25) is 0 Å². The van der Waals surface area contributed by atoms with Crippen LogP contribution in [0.2, 0.25) is 0 Å². The van der Waals surface area contributed by atoms with Crippen LogP contribution in [-0.4, -0.2) is 36.5 Å². The minimum atomic E-state index is 0.286. The summed E-state index contributed by atoms with van der Waals surface area (Å²) in [6.07, 6.45) is 3.32. The summed E-state index contributed by atoms with van der Waals surface area (Å²) in [5, 5.41) is 0. The Balaban J connectivity index is 2.94. The van der Waals surface area contributed by atoms with Crippen molar-refractivity contribution in [1.29, 1.82) is 0 Å². The van der Waals surface area contributed by atoms with Crippen LogP contribution < -0.4 is 5.73 Å². The minimum absolute atomic E-state index is 0.286. The average Bonchev–Trinajstić information content (AvgIpc) is 2.40. The van der Waals surface area contributed by atoms with E-state index in [1.165, 1.54) is 11.1 Å². The van der Waals surface area contributed by atoms with Crippen LogP contribution in [0.1, 0.15) is 30.5 Å². The summed E-state index contributed by atoms with van der Waals surface area (Å²) in [5.74, 6) is 1.15. The first-order chi connectivity index (χ1) is 9.04. The molecule has 0 bridgehead atoms. The molecule has 108 valence electrons. The lowest BCUT2D eigenvalue weighted by Gasteiger charge is -2.34. The summed E-state index contributed by atoms with van der Waals surface area (Å²) in [4.78, 5) is 2.42. The fourth-order valence-electron chi connectivity index (χ4n) is 2.32. The van der Waals surface area contributed by atoms with E-state index in [0.717, 1.165) is 16.6 Å². The molecule has 0 amide bonds. The predicted octanol–water partition coefficient (Wildman–Crippen LogP) is 3.83. The van der Waals surface area contributed by atoms with E-state index in [1.54, 1.807) is 0 Å². The van der Waals surface area contributed by atoms with Crippen molar-refractivity contribution >= 4 is 27.7 Å². The molecule has 1 aromatic carbocycles. The lowest BCUT2D eigenvalue weighted by molar-refractivity contribution is 0.188. The van der Waals surface area contributed by atoms with Crippen molar-refractivity contribution in [3.8, 4) is 0 Å². The molecule has 2 unspecified atom stereocenters. The van der Waals surface area contributed by atoms with Gasteiger partial charge in [0.05, 0.1) is 0 Å². The topological polar surface area (TPSA) is 29.3 Å². The molecule has 0 saturated carbocycles. The molecule has 0 radical (unpaired) electrons. The molecular formula is C15H25BrN2S. The fourth-order valence-corrected chi connectivity index (χ4v) is 3.58. The highest BCUT2D eigenvalue weighted by atomic mass is 79.9. The van der Waals surface area contributed by atoms with Gasteiger partial charge < -0.3 is 5.73 Å². The highest BCUT2D eigenvalue weighted by Gasteiger charge is 2.22. The number of hydrogen-bond acceptors (Lipinski definition) is 3. The van der Waals surface area contributed by atoms with Crippen molar-refractivity contribution in [3.63, 3.8) is 0 Å². The molecule has 2 N–H and O–H groups in total. The van der Waals surface area contributed by atoms with Gasteiger partial charge in [0.25, 0.3) is 0 Å². The zero-order valence-electron chi connectivity index (χ0n) is 12.3. The predicted molar refractivity (Wildman–Crippen MR) is 90.9 cm³/mol. The number of halogens is 1. The smallest absolute Gasteiger partial charge is 0.0471 e. The molecule has 0 aliphatic carbocycles. The Labute approximate surface area is 130 Å². The number of nitrogens with two attached hydrogens (primary N) is 1. The first-order valence-corrected chi connectivity index (χ1v) is 8.90. The van der Waals surface area contributed by atoms with Crippen LogP contribution in [0.15, 0.2) is 22.7 Å². The Hall–Kier alpha value is -0.0300. The second-order valence-electron chi connectivity index (χ2n) is 4.94. The quantitative estimate of drug-likeness (QED) is 0.814. The molecule has 0 spiro atoms. The van der Waals surface area contributed by atoms with Crippen molar-refractivity contribution in [2.75, 3.05) is 25.6 Å². The van der Waals surface area contributed by atoms with E-state index in [2.05, 4.69) is 66.2 Å². The molecule has 0 aliphatic rings. The first-order valence-electron chi connectivity index (χ1n) is 6.72. The van der Waals surface area contributed by atoms with Crippen LogP contribution in [-0.2, 0) is 0 Å². The zero-order valence-corrected chi connectivity index (χ0v) is 14.7. The SMILES string of the molecule is CCC(CSC)N(C)C(CN)c1ccc(C)c(Br)c1. The highest BCUT2D eigenvalue weighted by molar-refractivity contribution is 9.10. The number of likely N-dealkylation sites (N-methyl/N-ethyl adjacent to an activating group) is 1. The standard InChI is InChI=1S/C15H25BrN2S/c1-5-13(10-19-4)18(3)15(9-17)12-7-6-11(2)14(16)8-12/h6-8,13,15H,5,9-10,17H2,1-4H3. The van der Waals surface area contributed by atoms with Gasteiger partial charge in [-0.25, -0.2) is 0 Å². The number of thioether (sulfide) groups is 1. The van der Waals surface area contributed by atoms with Crippen LogP contribution in [0.3, 0.4) is 0 Å². The second kappa shape index (κ2) is 8.30. The van der Waals surface area contributed by atoms with Gasteiger partial charge in [-0.15, -0.1) is 0 Å². The number of hydrogen-bond donors (Lipinski definition) is 1. The molecule has 0 fully saturated rings. The Morgan fingerprint density at radius 3 is 2.58 bits per heavy atom. The molecule has 19 heavy (non-hydrogen) atoms. The Bertz CT molecular complexity index is 398. The van der Waals surface area contributed by atoms with E-state index in [9.17, 15) is 0 Å². The van der Waals surface area contributed by atoms with Crippen molar-refractivity contribution < 1.29 is 0 Å². The fraction of sp³-hybridized carbons (Fsp3) is 0.600. The highest BCUT2D eigenvalue weighted by Crippen LogP contribution is 2.27.